The molecule has 1 aliphatic rings. The molecule has 0 unspecified atom stereocenters. The van der Waals surface area contributed by atoms with Crippen molar-refractivity contribution in [2.45, 2.75) is 64.5 Å². The minimum Gasteiger partial charge on any atom is -0.410 e. The maximum absolute atomic E-state index is 12.2. The standard InChI is InChI=1S/C15H27IO3Si/c1-14(2,3)20(6,7)19-13-12(18-5)11(17)10-15(13,4)8-9-16/h8-9,12-13H,10H2,1-7H3/b9-8+/t12-,13+,15+/m0/s1. The highest BCUT2D eigenvalue weighted by Gasteiger charge is 2.53. The zero-order valence-electron chi connectivity index (χ0n) is 13.6. The normalized spacial score (nSPS) is 32.3. The van der Waals surface area contributed by atoms with Gasteiger partial charge in [-0.25, -0.2) is 0 Å². The van der Waals surface area contributed by atoms with Crippen molar-refractivity contribution in [2.75, 3.05) is 7.11 Å². The molecule has 1 rings (SSSR count). The molecule has 0 amide bonds. The van der Waals surface area contributed by atoms with Gasteiger partial charge < -0.3 is 9.16 Å². The van der Waals surface area contributed by atoms with Crippen LogP contribution in [-0.4, -0.2) is 33.4 Å². The Kier molecular flexibility index (Phi) is 5.66. The highest BCUT2D eigenvalue weighted by atomic mass is 127. The summed E-state index contributed by atoms with van der Waals surface area (Å²) in [6, 6.07) is 0. The third-order valence-electron chi connectivity index (χ3n) is 4.72. The van der Waals surface area contributed by atoms with Gasteiger partial charge in [0.25, 0.3) is 0 Å². The van der Waals surface area contributed by atoms with Crippen molar-refractivity contribution >= 4 is 36.7 Å². The van der Waals surface area contributed by atoms with Crippen molar-refractivity contribution in [3.63, 3.8) is 0 Å². The SMILES string of the molecule is CO[C@H]1C(=O)C[C@@](C)(/C=C/I)[C@@H]1O[Si](C)(C)C(C)(C)C. The molecule has 0 aromatic carbocycles. The Hall–Kier alpha value is 0.277. The molecule has 0 radical (unpaired) electrons. The highest BCUT2D eigenvalue weighted by Crippen LogP contribution is 2.46. The maximum Gasteiger partial charge on any atom is 0.192 e. The number of hydrogen-bond acceptors (Lipinski definition) is 3. The highest BCUT2D eigenvalue weighted by molar-refractivity contribution is 14.1. The van der Waals surface area contributed by atoms with Gasteiger partial charge in [-0.3, -0.25) is 4.79 Å². The molecular weight excluding hydrogens is 383 g/mol. The average Bonchev–Trinajstić information content (AvgIpc) is 2.48. The zero-order chi connectivity index (χ0) is 15.8. The van der Waals surface area contributed by atoms with E-state index in [0.717, 1.165) is 0 Å². The van der Waals surface area contributed by atoms with Crippen LogP contribution in [0.4, 0.5) is 0 Å². The van der Waals surface area contributed by atoms with Gasteiger partial charge >= 0.3 is 0 Å². The van der Waals surface area contributed by atoms with Crippen LogP contribution in [-0.2, 0) is 14.0 Å². The number of ketones is 1. The van der Waals surface area contributed by atoms with Crippen LogP contribution < -0.4 is 0 Å². The number of Topliss-reactive ketones (excluding diaryl/α,β-unsaturated/α-hetero) is 1. The second-order valence-electron chi connectivity index (χ2n) is 7.40. The molecule has 116 valence electrons. The first-order valence-electron chi connectivity index (χ1n) is 7.00. The smallest absolute Gasteiger partial charge is 0.192 e. The van der Waals surface area contributed by atoms with E-state index in [1.165, 1.54) is 0 Å². The van der Waals surface area contributed by atoms with Crippen molar-refractivity contribution in [3.05, 3.63) is 10.2 Å². The van der Waals surface area contributed by atoms with Gasteiger partial charge in [0.2, 0.25) is 0 Å². The molecule has 3 nitrogen and oxygen atoms in total. The second-order valence-corrected chi connectivity index (χ2v) is 12.9. The summed E-state index contributed by atoms with van der Waals surface area (Å²) in [6.45, 7) is 13.2. The fourth-order valence-electron chi connectivity index (χ4n) is 2.33. The van der Waals surface area contributed by atoms with E-state index in [4.69, 9.17) is 9.16 Å². The molecule has 0 aromatic heterocycles. The Bertz CT molecular complexity index is 400. The summed E-state index contributed by atoms with van der Waals surface area (Å²) in [4.78, 5) is 12.2. The van der Waals surface area contributed by atoms with E-state index < -0.39 is 14.4 Å². The predicted octanol–water partition coefficient (Wildman–Crippen LogP) is 4.32. The van der Waals surface area contributed by atoms with Crippen molar-refractivity contribution < 1.29 is 14.0 Å². The van der Waals surface area contributed by atoms with Crippen molar-refractivity contribution in [1.29, 1.82) is 0 Å². The number of hydrogen-bond donors (Lipinski definition) is 0. The van der Waals surface area contributed by atoms with E-state index in [1.54, 1.807) is 7.11 Å². The molecule has 1 saturated carbocycles. The molecule has 0 saturated heterocycles. The minimum atomic E-state index is -1.94. The minimum absolute atomic E-state index is 0.117. The Balaban J connectivity index is 3.12. The number of methoxy groups -OCH3 is 1. The molecule has 0 aromatic rings. The lowest BCUT2D eigenvalue weighted by molar-refractivity contribution is -0.128. The molecule has 0 bridgehead atoms. The number of halogens is 1. The summed E-state index contributed by atoms with van der Waals surface area (Å²) in [6.07, 6.45) is 1.95. The first-order chi connectivity index (χ1) is 8.98. The van der Waals surface area contributed by atoms with Crippen LogP contribution in [0.3, 0.4) is 0 Å². The molecule has 5 heteroatoms. The van der Waals surface area contributed by atoms with Gasteiger partial charge in [0.1, 0.15) is 6.10 Å². The average molecular weight is 410 g/mol. The van der Waals surface area contributed by atoms with Crippen LogP contribution in [0.25, 0.3) is 0 Å². The van der Waals surface area contributed by atoms with Crippen LogP contribution >= 0.6 is 22.6 Å². The van der Waals surface area contributed by atoms with E-state index in [-0.39, 0.29) is 22.3 Å². The van der Waals surface area contributed by atoms with Crippen LogP contribution in [0, 0.1) is 5.41 Å². The van der Waals surface area contributed by atoms with Gasteiger partial charge in [-0.15, -0.1) is 0 Å². The van der Waals surface area contributed by atoms with Crippen molar-refractivity contribution in [3.8, 4) is 0 Å². The topological polar surface area (TPSA) is 35.5 Å². The van der Waals surface area contributed by atoms with Gasteiger partial charge in [0.15, 0.2) is 14.1 Å². The maximum atomic E-state index is 12.2. The fourth-order valence-corrected chi connectivity index (χ4v) is 4.54. The molecule has 0 N–H and O–H groups in total. The lowest BCUT2D eigenvalue weighted by atomic mass is 9.86. The summed E-state index contributed by atoms with van der Waals surface area (Å²) in [5.74, 6) is 0.146. The van der Waals surface area contributed by atoms with Gasteiger partial charge in [-0.2, -0.15) is 0 Å². The van der Waals surface area contributed by atoms with E-state index in [2.05, 4.69) is 69.5 Å². The molecule has 20 heavy (non-hydrogen) atoms. The Morgan fingerprint density at radius 2 is 1.95 bits per heavy atom. The largest absolute Gasteiger partial charge is 0.410 e. The van der Waals surface area contributed by atoms with Crippen LogP contribution in [0.5, 0.6) is 0 Å². The quantitative estimate of drug-likeness (QED) is 0.512. The number of rotatable bonds is 4. The molecule has 1 aliphatic carbocycles. The molecule has 0 spiro atoms. The third kappa shape index (κ3) is 3.54. The Morgan fingerprint density at radius 1 is 1.40 bits per heavy atom. The predicted molar refractivity (Wildman–Crippen MR) is 93.8 cm³/mol. The van der Waals surface area contributed by atoms with E-state index in [1.807, 2.05) is 4.08 Å². The lowest BCUT2D eigenvalue weighted by Crippen LogP contribution is -2.50. The Morgan fingerprint density at radius 3 is 2.35 bits per heavy atom. The second kappa shape index (κ2) is 6.18. The van der Waals surface area contributed by atoms with Gasteiger partial charge in [-0.1, -0.05) is 56.4 Å². The van der Waals surface area contributed by atoms with E-state index >= 15 is 0 Å². The number of carbonyl (C=O) groups excluding carboxylic acids is 1. The lowest BCUT2D eigenvalue weighted by Gasteiger charge is -2.42. The van der Waals surface area contributed by atoms with Crippen LogP contribution in [0.2, 0.25) is 18.1 Å². The van der Waals surface area contributed by atoms with Crippen LogP contribution in [0.1, 0.15) is 34.1 Å². The summed E-state index contributed by atoms with van der Waals surface area (Å²) in [5.41, 5.74) is -0.269. The molecule has 0 aliphatic heterocycles. The summed E-state index contributed by atoms with van der Waals surface area (Å²) < 4.78 is 14.0. The van der Waals surface area contributed by atoms with Crippen molar-refractivity contribution in [2.24, 2.45) is 5.41 Å². The monoisotopic (exact) mass is 410 g/mol. The fraction of sp³-hybridized carbons (Fsp3) is 0.800. The van der Waals surface area contributed by atoms with E-state index in [0.29, 0.717) is 6.42 Å². The van der Waals surface area contributed by atoms with Crippen molar-refractivity contribution in [1.82, 2.24) is 0 Å². The molecule has 0 heterocycles. The zero-order valence-corrected chi connectivity index (χ0v) is 16.8. The first-order valence-corrected chi connectivity index (χ1v) is 11.1. The summed E-state index contributed by atoms with van der Waals surface area (Å²) in [5, 5.41) is 0.117. The summed E-state index contributed by atoms with van der Waals surface area (Å²) in [7, 11) is -0.343. The van der Waals surface area contributed by atoms with E-state index in [9.17, 15) is 4.79 Å². The molecule has 3 atom stereocenters. The number of carbonyl (C=O) groups is 1. The van der Waals surface area contributed by atoms with Gasteiger partial charge in [0.05, 0.1) is 6.10 Å². The van der Waals surface area contributed by atoms with Crippen LogP contribution in [0.15, 0.2) is 10.2 Å². The molecule has 1 fully saturated rings. The van der Waals surface area contributed by atoms with Gasteiger partial charge in [0, 0.05) is 18.9 Å². The summed E-state index contributed by atoms with van der Waals surface area (Å²) >= 11 is 2.20. The number of ether oxygens (including phenoxy) is 1. The third-order valence-corrected chi connectivity index (χ3v) is 9.54. The molecular formula is C15H27IO3Si. The Labute approximate surface area is 137 Å². The van der Waals surface area contributed by atoms with Gasteiger partial charge in [-0.05, 0) is 22.2 Å². The first kappa shape index (κ1) is 18.3.